The summed E-state index contributed by atoms with van der Waals surface area (Å²) < 4.78 is 86.8. The average molecular weight is 554 g/mol. The van der Waals surface area contributed by atoms with Gasteiger partial charge < -0.3 is 15.0 Å². The van der Waals surface area contributed by atoms with Crippen molar-refractivity contribution in [1.29, 1.82) is 0 Å². The molecule has 1 aliphatic heterocycles. The first-order valence-corrected chi connectivity index (χ1v) is 11.8. The van der Waals surface area contributed by atoms with E-state index in [2.05, 4.69) is 15.2 Å². The molecule has 1 aliphatic rings. The second-order valence-corrected chi connectivity index (χ2v) is 9.08. The van der Waals surface area contributed by atoms with Gasteiger partial charge in [-0.1, -0.05) is 36.4 Å². The molecule has 0 fully saturated rings. The SMILES string of the molecule is COC(=O)Cc1ccc([C@H](C)NC(=O)c2c(C(F)(F)F)nn3c2N(Cc2cccc(C(F)(F)F)c2)CC3)cc1. The van der Waals surface area contributed by atoms with E-state index in [4.69, 9.17) is 0 Å². The minimum atomic E-state index is -4.94. The van der Waals surface area contributed by atoms with Crippen molar-refractivity contribution < 1.29 is 40.7 Å². The Morgan fingerprint density at radius 1 is 1.00 bits per heavy atom. The Balaban J connectivity index is 1.60. The number of nitrogens with one attached hydrogen (secondary N) is 1. The van der Waals surface area contributed by atoms with Crippen molar-refractivity contribution in [3.05, 3.63) is 82.0 Å². The molecular formula is C26H24F6N4O3. The van der Waals surface area contributed by atoms with Crippen molar-refractivity contribution >= 4 is 17.7 Å². The minimum Gasteiger partial charge on any atom is -0.469 e. The highest BCUT2D eigenvalue weighted by molar-refractivity contribution is 6.01. The molecule has 1 amide bonds. The van der Waals surface area contributed by atoms with Crippen molar-refractivity contribution in [3.63, 3.8) is 0 Å². The third kappa shape index (κ3) is 6.18. The second kappa shape index (κ2) is 10.6. The Bertz CT molecular complexity index is 1370. The molecule has 1 N–H and O–H groups in total. The summed E-state index contributed by atoms with van der Waals surface area (Å²) in [7, 11) is 1.26. The van der Waals surface area contributed by atoms with Gasteiger partial charge in [0.05, 0.1) is 31.7 Å². The number of hydrogen-bond donors (Lipinski definition) is 1. The van der Waals surface area contributed by atoms with Gasteiger partial charge in [0.25, 0.3) is 5.91 Å². The molecule has 0 radical (unpaired) electrons. The van der Waals surface area contributed by atoms with E-state index >= 15 is 0 Å². The summed E-state index contributed by atoms with van der Waals surface area (Å²) in [4.78, 5) is 26.1. The van der Waals surface area contributed by atoms with Crippen LogP contribution in [0.1, 0.15) is 51.3 Å². The molecule has 39 heavy (non-hydrogen) atoms. The van der Waals surface area contributed by atoms with Gasteiger partial charge in [-0.05, 0) is 35.7 Å². The topological polar surface area (TPSA) is 76.5 Å². The lowest BCUT2D eigenvalue weighted by molar-refractivity contribution is -0.142. The summed E-state index contributed by atoms with van der Waals surface area (Å²) >= 11 is 0. The molecule has 0 unspecified atom stereocenters. The molecular weight excluding hydrogens is 530 g/mol. The van der Waals surface area contributed by atoms with E-state index in [9.17, 15) is 35.9 Å². The number of halogens is 6. The lowest BCUT2D eigenvalue weighted by Crippen LogP contribution is -2.31. The Morgan fingerprint density at radius 3 is 2.31 bits per heavy atom. The van der Waals surface area contributed by atoms with Crippen LogP contribution in [0.15, 0.2) is 48.5 Å². The number of aromatic nitrogens is 2. The number of rotatable bonds is 7. The minimum absolute atomic E-state index is 0.0296. The lowest BCUT2D eigenvalue weighted by atomic mass is 10.0. The van der Waals surface area contributed by atoms with Gasteiger partial charge in [0.2, 0.25) is 0 Å². The Labute approximate surface area is 219 Å². The summed E-state index contributed by atoms with van der Waals surface area (Å²) in [6, 6.07) is 10.3. The highest BCUT2D eigenvalue weighted by Crippen LogP contribution is 2.39. The molecule has 0 saturated carbocycles. The highest BCUT2D eigenvalue weighted by atomic mass is 19.4. The highest BCUT2D eigenvalue weighted by Gasteiger charge is 2.44. The monoisotopic (exact) mass is 554 g/mol. The quantitative estimate of drug-likeness (QED) is 0.323. The van der Waals surface area contributed by atoms with E-state index < -0.39 is 47.1 Å². The second-order valence-electron chi connectivity index (χ2n) is 9.08. The van der Waals surface area contributed by atoms with Crippen LogP contribution in [-0.2, 0) is 41.4 Å². The number of alkyl halides is 6. The lowest BCUT2D eigenvalue weighted by Gasteiger charge is -2.21. The summed E-state index contributed by atoms with van der Waals surface area (Å²) in [5.41, 5.74) is -1.49. The zero-order valence-electron chi connectivity index (χ0n) is 20.9. The predicted molar refractivity (Wildman–Crippen MR) is 128 cm³/mol. The summed E-state index contributed by atoms with van der Waals surface area (Å²) in [6.07, 6.45) is -9.48. The van der Waals surface area contributed by atoms with Gasteiger partial charge in [-0.25, -0.2) is 4.68 Å². The predicted octanol–water partition coefficient (Wildman–Crippen LogP) is 5.15. The van der Waals surface area contributed by atoms with Crippen LogP contribution in [0.25, 0.3) is 0 Å². The fourth-order valence-electron chi connectivity index (χ4n) is 4.39. The number of esters is 1. The molecule has 3 aromatic rings. The zero-order valence-corrected chi connectivity index (χ0v) is 20.9. The summed E-state index contributed by atoms with van der Waals surface area (Å²) in [6.45, 7) is 1.63. The van der Waals surface area contributed by atoms with Gasteiger partial charge in [-0.3, -0.25) is 9.59 Å². The van der Waals surface area contributed by atoms with Gasteiger partial charge in [0, 0.05) is 13.1 Å². The van der Waals surface area contributed by atoms with Crippen molar-refractivity contribution in [2.24, 2.45) is 0 Å². The molecule has 1 atom stereocenters. The first kappa shape index (κ1) is 28.0. The molecule has 2 aromatic carbocycles. The molecule has 0 saturated heterocycles. The van der Waals surface area contributed by atoms with Crippen LogP contribution in [0.4, 0.5) is 32.2 Å². The molecule has 2 heterocycles. The van der Waals surface area contributed by atoms with Gasteiger partial charge in [0.1, 0.15) is 11.4 Å². The van der Waals surface area contributed by atoms with E-state index in [1.807, 2.05) is 0 Å². The number of fused-ring (bicyclic) bond motifs is 1. The maximum atomic E-state index is 13.9. The van der Waals surface area contributed by atoms with Gasteiger partial charge in [0.15, 0.2) is 5.69 Å². The van der Waals surface area contributed by atoms with Gasteiger partial charge in [-0.15, -0.1) is 0 Å². The number of hydrogen-bond acceptors (Lipinski definition) is 5. The largest absolute Gasteiger partial charge is 0.469 e. The molecule has 4 rings (SSSR count). The smallest absolute Gasteiger partial charge is 0.436 e. The summed E-state index contributed by atoms with van der Waals surface area (Å²) in [5, 5.41) is 6.19. The molecule has 0 spiro atoms. The van der Waals surface area contributed by atoms with Crippen LogP contribution in [0.2, 0.25) is 0 Å². The third-order valence-electron chi connectivity index (χ3n) is 6.33. The normalized spacial score (nSPS) is 14.2. The van der Waals surface area contributed by atoms with E-state index in [-0.39, 0.29) is 37.4 Å². The Kier molecular flexibility index (Phi) is 7.62. The van der Waals surface area contributed by atoms with Crippen molar-refractivity contribution in [3.8, 4) is 0 Å². The number of carbonyl (C=O) groups is 2. The van der Waals surface area contributed by atoms with Crippen molar-refractivity contribution in [2.75, 3.05) is 18.6 Å². The molecule has 7 nitrogen and oxygen atoms in total. The maximum Gasteiger partial charge on any atom is 0.436 e. The maximum absolute atomic E-state index is 13.9. The number of nitrogens with zero attached hydrogens (tertiary/aromatic N) is 3. The van der Waals surface area contributed by atoms with Crippen LogP contribution in [0, 0.1) is 0 Å². The van der Waals surface area contributed by atoms with E-state index in [0.717, 1.165) is 16.8 Å². The molecule has 0 bridgehead atoms. The van der Waals surface area contributed by atoms with Crippen LogP contribution < -0.4 is 10.2 Å². The third-order valence-corrected chi connectivity index (χ3v) is 6.33. The molecule has 208 valence electrons. The fraction of sp³-hybridized carbons (Fsp3) is 0.346. The Hall–Kier alpha value is -4.03. The van der Waals surface area contributed by atoms with Crippen molar-refractivity contribution in [1.82, 2.24) is 15.1 Å². The number of methoxy groups -OCH3 is 1. The standard InChI is InChI=1S/C26H24F6N4O3/c1-15(18-8-6-16(7-9-18)13-20(37)39-2)33-23(38)21-22(26(30,31)32)34-36-11-10-35(24(21)36)14-17-4-3-5-19(12-17)25(27,28)29/h3-9,12,15H,10-11,13-14H2,1-2H3,(H,33,38)/t15-/m0/s1. The van der Waals surface area contributed by atoms with Crippen LogP contribution in [0.3, 0.4) is 0 Å². The van der Waals surface area contributed by atoms with Crippen LogP contribution in [0.5, 0.6) is 0 Å². The van der Waals surface area contributed by atoms with E-state index in [1.54, 1.807) is 31.2 Å². The first-order chi connectivity index (χ1) is 18.3. The van der Waals surface area contributed by atoms with Crippen molar-refractivity contribution in [2.45, 2.75) is 44.8 Å². The van der Waals surface area contributed by atoms with E-state index in [0.29, 0.717) is 11.1 Å². The van der Waals surface area contributed by atoms with Gasteiger partial charge >= 0.3 is 18.3 Å². The van der Waals surface area contributed by atoms with Gasteiger partial charge in [-0.2, -0.15) is 31.4 Å². The zero-order chi connectivity index (χ0) is 28.5. The van der Waals surface area contributed by atoms with Crippen LogP contribution >= 0.6 is 0 Å². The average Bonchev–Trinajstić information content (AvgIpc) is 3.44. The first-order valence-electron chi connectivity index (χ1n) is 11.8. The van der Waals surface area contributed by atoms with Crippen LogP contribution in [-0.4, -0.2) is 35.3 Å². The number of amides is 1. The summed E-state index contributed by atoms with van der Waals surface area (Å²) in [5.74, 6) is -1.57. The van der Waals surface area contributed by atoms with E-state index in [1.165, 1.54) is 24.1 Å². The molecule has 0 aliphatic carbocycles. The number of ether oxygens (including phenoxy) is 1. The fourth-order valence-corrected chi connectivity index (χ4v) is 4.39. The Morgan fingerprint density at radius 2 is 1.69 bits per heavy atom. The number of benzene rings is 2. The molecule has 13 heteroatoms. The number of carbonyl (C=O) groups excluding carboxylic acids is 2. The number of anilines is 1. The molecule has 1 aromatic heterocycles.